The lowest BCUT2D eigenvalue weighted by molar-refractivity contribution is 0.565. The van der Waals surface area contributed by atoms with Gasteiger partial charge in [0, 0.05) is 5.56 Å². The normalized spacial score (nSPS) is 9.76. The van der Waals surface area contributed by atoms with Gasteiger partial charge in [0.1, 0.15) is 0 Å². The van der Waals surface area contributed by atoms with Crippen LogP contribution in [0.25, 0.3) is 11.1 Å². The molecule has 2 heteroatoms. The molecule has 2 aromatic carbocycles. The molecule has 0 aliphatic rings. The molecule has 0 fully saturated rings. The highest BCUT2D eigenvalue weighted by molar-refractivity contribution is 5.79. The highest BCUT2D eigenvalue weighted by Crippen LogP contribution is 2.33. The maximum absolute atomic E-state index is 10.5. The predicted molar refractivity (Wildman–Crippen MR) is 69.1 cm³/mol. The Bertz CT molecular complexity index is 596. The first kappa shape index (κ1) is 11.3. The fourth-order valence-corrected chi connectivity index (χ4v) is 1.90. The molecule has 2 rings (SSSR count). The Hall–Kier alpha value is -2.18. The topological polar surface area (TPSA) is 29.4 Å². The van der Waals surface area contributed by atoms with Gasteiger partial charge in [-0.2, -0.15) is 4.99 Å². The molecule has 0 atom stereocenters. The minimum absolute atomic E-state index is 0.702. The SMILES string of the molecule is Cc1cccc(-c2cccc(C)c2N=C=O)c1. The minimum Gasteiger partial charge on any atom is -0.211 e. The molecule has 0 heterocycles. The van der Waals surface area contributed by atoms with Crippen LogP contribution in [-0.4, -0.2) is 6.08 Å². The molecule has 2 nitrogen and oxygen atoms in total. The minimum atomic E-state index is 0.702. The van der Waals surface area contributed by atoms with E-state index in [1.165, 1.54) is 5.56 Å². The zero-order valence-corrected chi connectivity index (χ0v) is 9.90. The molecule has 84 valence electrons. The number of para-hydroxylation sites is 1. The summed E-state index contributed by atoms with van der Waals surface area (Å²) in [7, 11) is 0. The summed E-state index contributed by atoms with van der Waals surface area (Å²) in [6, 6.07) is 14.0. The number of carbonyl (C=O) groups excluding carboxylic acids is 1. The second-order valence-electron chi connectivity index (χ2n) is 4.04. The van der Waals surface area contributed by atoms with E-state index in [0.717, 1.165) is 16.7 Å². The third kappa shape index (κ3) is 2.32. The highest BCUT2D eigenvalue weighted by Gasteiger charge is 2.06. The van der Waals surface area contributed by atoms with Gasteiger partial charge in [-0.3, -0.25) is 0 Å². The first-order chi connectivity index (χ1) is 8.22. The standard InChI is InChI=1S/C15H13NO/c1-11-5-3-7-13(9-11)14-8-4-6-12(2)15(14)16-10-17/h3-9H,1-2H3. The Morgan fingerprint density at radius 1 is 1.06 bits per heavy atom. The fraction of sp³-hybridized carbons (Fsp3) is 0.133. The summed E-state index contributed by atoms with van der Waals surface area (Å²) in [5, 5.41) is 0. The van der Waals surface area contributed by atoms with E-state index in [2.05, 4.69) is 11.1 Å². The van der Waals surface area contributed by atoms with Gasteiger partial charge in [-0.1, -0.05) is 48.0 Å². The van der Waals surface area contributed by atoms with Gasteiger partial charge in [0.05, 0.1) is 5.69 Å². The van der Waals surface area contributed by atoms with Crippen molar-refractivity contribution in [2.45, 2.75) is 13.8 Å². The van der Waals surface area contributed by atoms with Gasteiger partial charge in [0.2, 0.25) is 6.08 Å². The maximum atomic E-state index is 10.5. The van der Waals surface area contributed by atoms with E-state index in [1.54, 1.807) is 6.08 Å². The smallest absolute Gasteiger partial charge is 0.211 e. The number of hydrogen-bond acceptors (Lipinski definition) is 2. The number of nitrogens with zero attached hydrogens (tertiary/aromatic N) is 1. The van der Waals surface area contributed by atoms with Crippen LogP contribution in [0, 0.1) is 13.8 Å². The number of hydrogen-bond donors (Lipinski definition) is 0. The number of aliphatic imine (C=N–C) groups is 1. The van der Waals surface area contributed by atoms with Crippen LogP contribution in [-0.2, 0) is 4.79 Å². The Morgan fingerprint density at radius 3 is 2.53 bits per heavy atom. The molecule has 0 radical (unpaired) electrons. The molecule has 0 N–H and O–H groups in total. The van der Waals surface area contributed by atoms with Gasteiger partial charge in [-0.05, 0) is 25.0 Å². The first-order valence-electron chi connectivity index (χ1n) is 5.47. The third-order valence-electron chi connectivity index (χ3n) is 2.72. The third-order valence-corrected chi connectivity index (χ3v) is 2.72. The summed E-state index contributed by atoms with van der Waals surface area (Å²) in [5.41, 5.74) is 4.91. The van der Waals surface area contributed by atoms with Crippen molar-refractivity contribution in [2.75, 3.05) is 0 Å². The van der Waals surface area contributed by atoms with E-state index in [0.29, 0.717) is 5.69 Å². The van der Waals surface area contributed by atoms with Gasteiger partial charge in [0.15, 0.2) is 0 Å². The Morgan fingerprint density at radius 2 is 1.82 bits per heavy atom. The zero-order chi connectivity index (χ0) is 12.3. The van der Waals surface area contributed by atoms with Crippen molar-refractivity contribution < 1.29 is 4.79 Å². The van der Waals surface area contributed by atoms with Crippen molar-refractivity contribution in [1.82, 2.24) is 0 Å². The molecule has 0 saturated heterocycles. The highest BCUT2D eigenvalue weighted by atomic mass is 16.1. The Labute approximate surface area is 101 Å². The molecule has 0 aromatic heterocycles. The van der Waals surface area contributed by atoms with Crippen LogP contribution in [0.1, 0.15) is 11.1 Å². The van der Waals surface area contributed by atoms with Crippen molar-refractivity contribution in [1.29, 1.82) is 0 Å². The van der Waals surface area contributed by atoms with E-state index in [1.807, 2.05) is 50.2 Å². The Kier molecular flexibility index (Phi) is 3.17. The van der Waals surface area contributed by atoms with E-state index in [-0.39, 0.29) is 0 Å². The number of rotatable bonds is 2. The van der Waals surface area contributed by atoms with E-state index in [4.69, 9.17) is 0 Å². The lowest BCUT2D eigenvalue weighted by atomic mass is 9.99. The molecule has 0 aliphatic heterocycles. The summed E-state index contributed by atoms with van der Waals surface area (Å²) in [6.45, 7) is 3.98. The average Bonchev–Trinajstić information content (AvgIpc) is 2.32. The van der Waals surface area contributed by atoms with Gasteiger partial charge >= 0.3 is 0 Å². The molecular formula is C15H13NO. The van der Waals surface area contributed by atoms with Crippen LogP contribution in [0.4, 0.5) is 5.69 Å². The van der Waals surface area contributed by atoms with Gasteiger partial charge in [0.25, 0.3) is 0 Å². The maximum Gasteiger partial charge on any atom is 0.240 e. The van der Waals surface area contributed by atoms with Crippen LogP contribution in [0.3, 0.4) is 0 Å². The lowest BCUT2D eigenvalue weighted by Gasteiger charge is -2.08. The monoisotopic (exact) mass is 223 g/mol. The Balaban J connectivity index is 2.67. The van der Waals surface area contributed by atoms with Gasteiger partial charge in [-0.15, -0.1) is 0 Å². The van der Waals surface area contributed by atoms with Crippen LogP contribution in [0.15, 0.2) is 47.5 Å². The van der Waals surface area contributed by atoms with Crippen molar-refractivity contribution >= 4 is 11.8 Å². The van der Waals surface area contributed by atoms with Crippen molar-refractivity contribution in [3.63, 3.8) is 0 Å². The number of isocyanates is 1. The van der Waals surface area contributed by atoms with Crippen molar-refractivity contribution in [3.8, 4) is 11.1 Å². The van der Waals surface area contributed by atoms with Crippen LogP contribution in [0.5, 0.6) is 0 Å². The molecule has 0 saturated carbocycles. The molecule has 17 heavy (non-hydrogen) atoms. The largest absolute Gasteiger partial charge is 0.240 e. The van der Waals surface area contributed by atoms with Gasteiger partial charge in [-0.25, -0.2) is 4.79 Å². The molecule has 0 amide bonds. The first-order valence-corrected chi connectivity index (χ1v) is 5.47. The molecule has 0 aliphatic carbocycles. The molecule has 0 unspecified atom stereocenters. The van der Waals surface area contributed by atoms with Gasteiger partial charge < -0.3 is 0 Å². The lowest BCUT2D eigenvalue weighted by Crippen LogP contribution is -1.83. The molecule has 0 spiro atoms. The van der Waals surface area contributed by atoms with Crippen LogP contribution in [0.2, 0.25) is 0 Å². The van der Waals surface area contributed by atoms with Crippen LogP contribution < -0.4 is 0 Å². The molecule has 0 bridgehead atoms. The van der Waals surface area contributed by atoms with Crippen molar-refractivity contribution in [3.05, 3.63) is 53.6 Å². The van der Waals surface area contributed by atoms with E-state index >= 15 is 0 Å². The summed E-state index contributed by atoms with van der Waals surface area (Å²) in [4.78, 5) is 14.3. The second-order valence-corrected chi connectivity index (χ2v) is 4.04. The summed E-state index contributed by atoms with van der Waals surface area (Å²) in [6.07, 6.45) is 1.62. The van der Waals surface area contributed by atoms with Crippen LogP contribution >= 0.6 is 0 Å². The molecular weight excluding hydrogens is 210 g/mol. The van der Waals surface area contributed by atoms with E-state index < -0.39 is 0 Å². The quantitative estimate of drug-likeness (QED) is 0.560. The molecule has 2 aromatic rings. The predicted octanol–water partition coefficient (Wildman–Crippen LogP) is 3.94. The number of benzene rings is 2. The second kappa shape index (κ2) is 4.77. The fourth-order valence-electron chi connectivity index (χ4n) is 1.90. The average molecular weight is 223 g/mol. The van der Waals surface area contributed by atoms with Crippen molar-refractivity contribution in [2.24, 2.45) is 4.99 Å². The summed E-state index contributed by atoms with van der Waals surface area (Å²) >= 11 is 0. The summed E-state index contributed by atoms with van der Waals surface area (Å²) in [5.74, 6) is 0. The van der Waals surface area contributed by atoms with E-state index in [9.17, 15) is 4.79 Å². The summed E-state index contributed by atoms with van der Waals surface area (Å²) < 4.78 is 0. The number of aryl methyl sites for hydroxylation is 2. The zero-order valence-electron chi connectivity index (χ0n) is 9.90.